The lowest BCUT2D eigenvalue weighted by Gasteiger charge is -2.68. The Morgan fingerprint density at radius 3 is 1.88 bits per heavy atom. The Labute approximate surface area is 373 Å². The SMILES string of the molecule is COC(C(=O)OC1CC2(O)C(OC(=O)c3ccccc3)C3C4(C)COC4CC(OC(=O)c4ccccc4)C3(C)C(=O)C(=O)C(C1C)C2(C)C)C(NC(=O)OC(C)(C)C)c1ccccc1. The van der Waals surface area contributed by atoms with Crippen LogP contribution in [0.3, 0.4) is 0 Å². The van der Waals surface area contributed by atoms with E-state index < -0.39 is 117 Å². The number of hydrogen-bond donors (Lipinski definition) is 2. The Bertz CT molecular complexity index is 2260. The molecule has 64 heavy (non-hydrogen) atoms. The summed E-state index contributed by atoms with van der Waals surface area (Å²) in [5.41, 5.74) is -6.50. The third-order valence-corrected chi connectivity index (χ3v) is 14.5. The van der Waals surface area contributed by atoms with Gasteiger partial charge in [0.2, 0.25) is 11.6 Å². The van der Waals surface area contributed by atoms with Crippen LogP contribution >= 0.6 is 0 Å². The van der Waals surface area contributed by atoms with Gasteiger partial charge in [-0.1, -0.05) is 94.4 Å². The van der Waals surface area contributed by atoms with Gasteiger partial charge >= 0.3 is 24.0 Å². The first kappa shape index (κ1) is 46.5. The van der Waals surface area contributed by atoms with E-state index in [9.17, 15) is 24.3 Å². The zero-order valence-corrected chi connectivity index (χ0v) is 37.8. The third-order valence-electron chi connectivity index (χ3n) is 14.5. The number of esters is 3. The molecule has 14 heteroatoms. The number of rotatable bonds is 10. The average molecular weight is 882 g/mol. The van der Waals surface area contributed by atoms with Crippen molar-refractivity contribution >= 4 is 35.6 Å². The van der Waals surface area contributed by atoms with Crippen molar-refractivity contribution < 1.29 is 62.3 Å². The summed E-state index contributed by atoms with van der Waals surface area (Å²) < 4.78 is 36.5. The molecule has 1 heterocycles. The van der Waals surface area contributed by atoms with Gasteiger partial charge in [-0.25, -0.2) is 19.2 Å². The maximum absolute atomic E-state index is 15.5. The molecular formula is C50H59NO13. The van der Waals surface area contributed by atoms with Gasteiger partial charge in [0.1, 0.15) is 29.5 Å². The van der Waals surface area contributed by atoms with Crippen LogP contribution in [-0.2, 0) is 42.8 Å². The monoisotopic (exact) mass is 881 g/mol. The van der Waals surface area contributed by atoms with Gasteiger partial charge < -0.3 is 38.8 Å². The molecule has 1 aliphatic heterocycles. The molecule has 2 N–H and O–H groups in total. The number of alkyl carbamates (subject to hydrolysis) is 1. The van der Waals surface area contributed by atoms with E-state index in [0.29, 0.717) is 5.56 Å². The summed E-state index contributed by atoms with van der Waals surface area (Å²) in [6, 6.07) is 24.0. The number of Topliss-reactive ketones (excluding diaryl/α,β-unsaturated/α-hetero) is 2. The first-order chi connectivity index (χ1) is 30.1. The van der Waals surface area contributed by atoms with Crippen LogP contribution in [0.4, 0.5) is 4.79 Å². The highest BCUT2D eigenvalue weighted by Crippen LogP contribution is 2.66. The van der Waals surface area contributed by atoms with Crippen molar-refractivity contribution in [3.05, 3.63) is 108 Å². The lowest BCUT2D eigenvalue weighted by Crippen LogP contribution is -2.79. The fourth-order valence-corrected chi connectivity index (χ4v) is 11.0. The minimum absolute atomic E-state index is 0.0566. The number of aliphatic hydroxyl groups is 1. The van der Waals surface area contributed by atoms with E-state index in [4.69, 9.17) is 28.4 Å². The average Bonchev–Trinajstić information content (AvgIpc) is 3.25. The summed E-state index contributed by atoms with van der Waals surface area (Å²) in [4.78, 5) is 86.7. The molecule has 4 aliphatic rings. The minimum Gasteiger partial charge on any atom is -0.460 e. The zero-order valence-electron chi connectivity index (χ0n) is 37.8. The maximum atomic E-state index is 15.5. The fraction of sp³-hybridized carbons (Fsp3) is 0.520. The van der Waals surface area contributed by atoms with Gasteiger partial charge in [0.15, 0.2) is 6.10 Å². The summed E-state index contributed by atoms with van der Waals surface area (Å²) in [6.07, 6.45) is -7.28. The van der Waals surface area contributed by atoms with Gasteiger partial charge in [-0.2, -0.15) is 0 Å². The Morgan fingerprint density at radius 1 is 0.812 bits per heavy atom. The molecule has 4 fully saturated rings. The Morgan fingerprint density at radius 2 is 1.36 bits per heavy atom. The molecule has 0 spiro atoms. The lowest BCUT2D eigenvalue weighted by atomic mass is 9.41. The molecule has 0 aromatic heterocycles. The second-order valence-electron chi connectivity index (χ2n) is 19.8. The van der Waals surface area contributed by atoms with Crippen LogP contribution in [0.1, 0.15) is 101 Å². The van der Waals surface area contributed by atoms with E-state index in [0.717, 1.165) is 0 Å². The zero-order chi connectivity index (χ0) is 46.6. The summed E-state index contributed by atoms with van der Waals surface area (Å²) in [5, 5.41) is 16.5. The number of ether oxygens (including phenoxy) is 6. The molecule has 3 aromatic carbocycles. The number of fused-ring (bicyclic) bond motifs is 5. The summed E-state index contributed by atoms with van der Waals surface area (Å²) >= 11 is 0. The van der Waals surface area contributed by atoms with Crippen LogP contribution < -0.4 is 5.32 Å². The van der Waals surface area contributed by atoms with E-state index in [-0.39, 0.29) is 30.6 Å². The Hall–Kier alpha value is -5.44. The lowest BCUT2D eigenvalue weighted by molar-refractivity contribution is -0.321. The molecule has 0 radical (unpaired) electrons. The predicted molar refractivity (Wildman–Crippen MR) is 231 cm³/mol. The highest BCUT2D eigenvalue weighted by atomic mass is 16.6. The molecule has 12 atom stereocenters. The molecule has 7 rings (SSSR count). The molecule has 14 nitrogen and oxygen atoms in total. The van der Waals surface area contributed by atoms with Crippen LogP contribution in [0.5, 0.6) is 0 Å². The van der Waals surface area contributed by atoms with Crippen molar-refractivity contribution in [2.75, 3.05) is 13.7 Å². The van der Waals surface area contributed by atoms with E-state index in [1.807, 2.05) is 6.92 Å². The van der Waals surface area contributed by atoms with Gasteiger partial charge in [0, 0.05) is 48.5 Å². The van der Waals surface area contributed by atoms with E-state index in [1.165, 1.54) is 7.11 Å². The quantitative estimate of drug-likeness (QED) is 0.126. The van der Waals surface area contributed by atoms with Gasteiger partial charge in [-0.05, 0) is 57.5 Å². The number of hydrogen-bond acceptors (Lipinski definition) is 13. The number of carbonyl (C=O) groups excluding carboxylic acids is 6. The van der Waals surface area contributed by atoms with Crippen LogP contribution in [-0.4, -0.2) is 96.1 Å². The largest absolute Gasteiger partial charge is 0.460 e. The third kappa shape index (κ3) is 8.02. The maximum Gasteiger partial charge on any atom is 0.408 e. The molecule has 1 saturated heterocycles. The molecular weight excluding hydrogens is 823 g/mol. The molecule has 3 saturated carbocycles. The van der Waals surface area contributed by atoms with Crippen molar-refractivity contribution in [3.63, 3.8) is 0 Å². The standard InChI is InChI=1S/C50H59NO13/c1-28-32(61-44(56)38(59-9)36(29-19-13-10-14-20-29)51-45(57)64-46(2,3)4)26-50(58)41(63-43(55)31-23-17-12-18-24-31)39-48(7)27-60-33(48)25-34(62-42(54)30-21-15-11-16-22-30)49(39,8)40(53)37(52)35(28)47(50,5)6/h10-24,28,32-36,38-39,41,58H,25-27H2,1-9H3,(H,51,57). The van der Waals surface area contributed by atoms with E-state index >= 15 is 9.59 Å². The first-order valence-electron chi connectivity index (χ1n) is 21.8. The highest BCUT2D eigenvalue weighted by Gasteiger charge is 2.77. The number of amides is 1. The molecule has 342 valence electrons. The highest BCUT2D eigenvalue weighted by molar-refractivity contribution is 6.40. The Kier molecular flexibility index (Phi) is 12.5. The number of nitrogens with one attached hydrogen (secondary N) is 1. The second kappa shape index (κ2) is 17.2. The van der Waals surface area contributed by atoms with Gasteiger partial charge in [0.05, 0.1) is 35.3 Å². The summed E-state index contributed by atoms with van der Waals surface area (Å²) in [5.74, 6) is -7.57. The van der Waals surface area contributed by atoms with Crippen molar-refractivity contribution in [1.82, 2.24) is 5.32 Å². The number of ketones is 2. The topological polar surface area (TPSA) is 190 Å². The van der Waals surface area contributed by atoms with Gasteiger partial charge in [-0.15, -0.1) is 0 Å². The van der Waals surface area contributed by atoms with Crippen molar-refractivity contribution in [1.29, 1.82) is 0 Å². The molecule has 1 amide bonds. The Balaban J connectivity index is 1.33. The van der Waals surface area contributed by atoms with Gasteiger partial charge in [-0.3, -0.25) is 9.59 Å². The van der Waals surface area contributed by atoms with Crippen molar-refractivity contribution in [3.8, 4) is 0 Å². The van der Waals surface area contributed by atoms with Crippen LogP contribution in [0.25, 0.3) is 0 Å². The predicted octanol–water partition coefficient (Wildman–Crippen LogP) is 6.63. The fourth-order valence-electron chi connectivity index (χ4n) is 11.0. The molecule has 3 aliphatic carbocycles. The molecule has 2 bridgehead atoms. The van der Waals surface area contributed by atoms with Crippen LogP contribution in [0.2, 0.25) is 0 Å². The summed E-state index contributed by atoms with van der Waals surface area (Å²) in [6.45, 7) is 13.6. The minimum atomic E-state index is -2.19. The molecule has 3 aromatic rings. The van der Waals surface area contributed by atoms with E-state index in [1.54, 1.807) is 139 Å². The normalized spacial score (nSPS) is 32.7. The number of methoxy groups -OCH3 is 1. The number of benzene rings is 3. The van der Waals surface area contributed by atoms with E-state index in [2.05, 4.69) is 5.32 Å². The van der Waals surface area contributed by atoms with Crippen molar-refractivity contribution in [2.45, 2.75) is 116 Å². The van der Waals surface area contributed by atoms with Crippen LogP contribution in [0.15, 0.2) is 91.0 Å². The second-order valence-corrected chi connectivity index (χ2v) is 19.8. The van der Waals surface area contributed by atoms with Crippen LogP contribution in [0, 0.1) is 34.0 Å². The van der Waals surface area contributed by atoms with Crippen molar-refractivity contribution in [2.24, 2.45) is 34.0 Å². The summed E-state index contributed by atoms with van der Waals surface area (Å²) in [7, 11) is 1.29. The molecule has 12 unspecified atom stereocenters. The first-order valence-corrected chi connectivity index (χ1v) is 21.8. The van der Waals surface area contributed by atoms with Gasteiger partial charge in [0.25, 0.3) is 0 Å². The smallest absolute Gasteiger partial charge is 0.408 e. The number of carbonyl (C=O) groups is 6.